The maximum absolute atomic E-state index is 8.89. The molecule has 4 N–H and O–H groups in total. The van der Waals surface area contributed by atoms with Crippen LogP contribution in [0.5, 0.6) is 0 Å². The number of nitrogens with two attached hydrogens (primary N) is 1. The summed E-state index contributed by atoms with van der Waals surface area (Å²) in [6.45, 7) is 0. The van der Waals surface area contributed by atoms with Gasteiger partial charge >= 0.3 is 7.12 Å². The molecule has 0 amide bonds. The standard InChI is InChI=1S/C8H11BN2O2/c10-8-6(9(12)13)3-4-7(11-8)5-1-2-5/h3-5,12-13H,1-2H2,(H2,10,11). The molecule has 5 heteroatoms. The molecule has 0 atom stereocenters. The average Bonchev–Trinajstić information content (AvgIpc) is 2.85. The minimum absolute atomic E-state index is 0.222. The SMILES string of the molecule is Nc1nc(C2CC2)ccc1B(O)O. The topological polar surface area (TPSA) is 79.4 Å². The number of hydrogen-bond donors (Lipinski definition) is 3. The van der Waals surface area contributed by atoms with Crippen LogP contribution in [0, 0.1) is 0 Å². The maximum Gasteiger partial charge on any atom is 0.492 e. The van der Waals surface area contributed by atoms with Crippen LogP contribution in [0.25, 0.3) is 0 Å². The minimum Gasteiger partial charge on any atom is -0.423 e. The van der Waals surface area contributed by atoms with Crippen LogP contribution >= 0.6 is 0 Å². The van der Waals surface area contributed by atoms with Crippen LogP contribution in [-0.2, 0) is 0 Å². The fraction of sp³-hybridized carbons (Fsp3) is 0.375. The molecule has 0 spiro atoms. The molecular formula is C8H11BN2O2. The molecule has 4 nitrogen and oxygen atoms in total. The number of rotatable bonds is 2. The Kier molecular flexibility index (Phi) is 1.98. The van der Waals surface area contributed by atoms with Gasteiger partial charge in [0.25, 0.3) is 0 Å². The Balaban J connectivity index is 2.31. The number of nitrogens with zero attached hydrogens (tertiary/aromatic N) is 1. The highest BCUT2D eigenvalue weighted by Crippen LogP contribution is 2.38. The first-order valence-corrected chi connectivity index (χ1v) is 4.31. The summed E-state index contributed by atoms with van der Waals surface area (Å²) >= 11 is 0. The van der Waals surface area contributed by atoms with E-state index in [1.165, 1.54) is 0 Å². The van der Waals surface area contributed by atoms with Crippen molar-refractivity contribution in [3.05, 3.63) is 17.8 Å². The largest absolute Gasteiger partial charge is 0.492 e. The van der Waals surface area contributed by atoms with E-state index in [2.05, 4.69) is 4.98 Å². The second-order valence-electron chi connectivity index (χ2n) is 3.36. The van der Waals surface area contributed by atoms with Gasteiger partial charge in [0.05, 0.1) is 0 Å². The van der Waals surface area contributed by atoms with Gasteiger partial charge in [-0.25, -0.2) is 4.98 Å². The molecule has 1 aliphatic carbocycles. The van der Waals surface area contributed by atoms with Crippen LogP contribution in [0.15, 0.2) is 12.1 Å². The van der Waals surface area contributed by atoms with E-state index in [0.717, 1.165) is 18.5 Å². The predicted octanol–water partition coefficient (Wildman–Crippen LogP) is -0.779. The number of hydrogen-bond acceptors (Lipinski definition) is 4. The highest BCUT2D eigenvalue weighted by atomic mass is 16.4. The molecule has 0 aliphatic heterocycles. The zero-order valence-electron chi connectivity index (χ0n) is 7.14. The second kappa shape index (κ2) is 3.01. The van der Waals surface area contributed by atoms with Crippen molar-refractivity contribution in [1.29, 1.82) is 0 Å². The van der Waals surface area contributed by atoms with E-state index in [1.807, 2.05) is 6.07 Å². The number of anilines is 1. The summed E-state index contributed by atoms with van der Waals surface area (Å²) in [5.74, 6) is 0.756. The van der Waals surface area contributed by atoms with Crippen LogP contribution in [0.3, 0.4) is 0 Å². The summed E-state index contributed by atoms with van der Waals surface area (Å²) in [7, 11) is -1.53. The quantitative estimate of drug-likeness (QED) is 0.519. The van der Waals surface area contributed by atoms with E-state index in [-0.39, 0.29) is 11.3 Å². The van der Waals surface area contributed by atoms with Gasteiger partial charge < -0.3 is 15.8 Å². The Hall–Kier alpha value is -1.07. The van der Waals surface area contributed by atoms with E-state index >= 15 is 0 Å². The lowest BCUT2D eigenvalue weighted by Gasteiger charge is -2.05. The normalized spacial score (nSPS) is 15.8. The monoisotopic (exact) mass is 178 g/mol. The van der Waals surface area contributed by atoms with Gasteiger partial charge in [0.15, 0.2) is 0 Å². The zero-order valence-corrected chi connectivity index (χ0v) is 7.14. The van der Waals surface area contributed by atoms with Crippen molar-refractivity contribution in [2.45, 2.75) is 18.8 Å². The molecule has 0 saturated heterocycles. The van der Waals surface area contributed by atoms with Gasteiger partial charge in [0.1, 0.15) is 5.82 Å². The number of aromatic nitrogens is 1. The molecule has 2 rings (SSSR count). The van der Waals surface area contributed by atoms with Gasteiger partial charge in [-0.3, -0.25) is 0 Å². The summed E-state index contributed by atoms with van der Waals surface area (Å²) in [5.41, 5.74) is 6.80. The first-order valence-electron chi connectivity index (χ1n) is 4.31. The second-order valence-corrected chi connectivity index (χ2v) is 3.36. The molecule has 1 saturated carbocycles. The lowest BCUT2D eigenvalue weighted by Crippen LogP contribution is -2.33. The van der Waals surface area contributed by atoms with Crippen molar-refractivity contribution < 1.29 is 10.0 Å². The van der Waals surface area contributed by atoms with Crippen molar-refractivity contribution >= 4 is 18.4 Å². The Morgan fingerprint density at radius 2 is 2.08 bits per heavy atom. The Morgan fingerprint density at radius 3 is 2.54 bits per heavy atom. The van der Waals surface area contributed by atoms with Crippen LogP contribution in [0.2, 0.25) is 0 Å². The van der Waals surface area contributed by atoms with Gasteiger partial charge in [0.2, 0.25) is 0 Å². The Labute approximate surface area is 76.6 Å². The molecule has 0 unspecified atom stereocenters. The first-order chi connectivity index (χ1) is 6.18. The predicted molar refractivity (Wildman–Crippen MR) is 50.5 cm³/mol. The van der Waals surface area contributed by atoms with Gasteiger partial charge in [-0.05, 0) is 18.9 Å². The molecule has 1 aromatic heterocycles. The van der Waals surface area contributed by atoms with Gasteiger partial charge in [-0.15, -0.1) is 0 Å². The number of nitrogen functional groups attached to an aromatic ring is 1. The van der Waals surface area contributed by atoms with Crippen molar-refractivity contribution in [2.24, 2.45) is 0 Å². The van der Waals surface area contributed by atoms with E-state index in [0.29, 0.717) is 5.92 Å². The smallest absolute Gasteiger partial charge is 0.423 e. The van der Waals surface area contributed by atoms with Crippen molar-refractivity contribution in [3.8, 4) is 0 Å². The third-order valence-corrected chi connectivity index (χ3v) is 2.25. The molecule has 1 aliphatic rings. The lowest BCUT2D eigenvalue weighted by atomic mass is 9.80. The molecule has 1 fully saturated rings. The van der Waals surface area contributed by atoms with Gasteiger partial charge in [-0.2, -0.15) is 0 Å². The molecule has 0 aromatic carbocycles. The molecule has 68 valence electrons. The summed E-state index contributed by atoms with van der Waals surface area (Å²) in [5, 5.41) is 17.8. The average molecular weight is 178 g/mol. The van der Waals surface area contributed by atoms with Crippen molar-refractivity contribution in [1.82, 2.24) is 4.98 Å². The fourth-order valence-electron chi connectivity index (χ4n) is 1.33. The summed E-state index contributed by atoms with van der Waals surface area (Å²) in [6, 6.07) is 3.43. The van der Waals surface area contributed by atoms with Crippen molar-refractivity contribution in [2.75, 3.05) is 5.73 Å². The maximum atomic E-state index is 8.89. The summed E-state index contributed by atoms with van der Waals surface area (Å²) in [6.07, 6.45) is 2.32. The van der Waals surface area contributed by atoms with Gasteiger partial charge in [0, 0.05) is 17.1 Å². The molecule has 1 heterocycles. The lowest BCUT2D eigenvalue weighted by molar-refractivity contribution is 0.426. The van der Waals surface area contributed by atoms with E-state index in [1.54, 1.807) is 6.07 Å². The number of pyridine rings is 1. The highest BCUT2D eigenvalue weighted by Gasteiger charge is 2.26. The van der Waals surface area contributed by atoms with E-state index in [9.17, 15) is 0 Å². The summed E-state index contributed by atoms with van der Waals surface area (Å²) in [4.78, 5) is 4.11. The van der Waals surface area contributed by atoms with E-state index < -0.39 is 7.12 Å². The van der Waals surface area contributed by atoms with Crippen molar-refractivity contribution in [3.63, 3.8) is 0 Å². The van der Waals surface area contributed by atoms with Crippen LogP contribution in [-0.4, -0.2) is 22.2 Å². The summed E-state index contributed by atoms with van der Waals surface area (Å²) < 4.78 is 0. The molecule has 1 aromatic rings. The van der Waals surface area contributed by atoms with Gasteiger partial charge in [-0.1, -0.05) is 6.07 Å². The Morgan fingerprint density at radius 1 is 1.38 bits per heavy atom. The van der Waals surface area contributed by atoms with Crippen LogP contribution in [0.1, 0.15) is 24.5 Å². The fourth-order valence-corrected chi connectivity index (χ4v) is 1.33. The highest BCUT2D eigenvalue weighted by molar-refractivity contribution is 6.60. The first kappa shape index (κ1) is 8.53. The third kappa shape index (κ3) is 1.66. The molecular weight excluding hydrogens is 167 g/mol. The van der Waals surface area contributed by atoms with Crippen LogP contribution in [0.4, 0.5) is 5.82 Å². The molecule has 13 heavy (non-hydrogen) atoms. The molecule has 0 bridgehead atoms. The van der Waals surface area contributed by atoms with E-state index in [4.69, 9.17) is 15.8 Å². The third-order valence-electron chi connectivity index (χ3n) is 2.25. The van der Waals surface area contributed by atoms with Crippen LogP contribution < -0.4 is 11.2 Å². The molecule has 0 radical (unpaired) electrons. The zero-order chi connectivity index (χ0) is 9.42. The minimum atomic E-state index is -1.53. The Bertz CT molecular complexity index is 326.